The molecule has 2 heterocycles. The number of anilines is 2. The number of nitrogens with one attached hydrogen (secondary N) is 2. The molecule has 8 heteroatoms. The molecule has 0 unspecified atom stereocenters. The molecular weight excluding hydrogens is 364 g/mol. The van der Waals surface area contributed by atoms with Gasteiger partial charge in [-0.05, 0) is 29.1 Å². The second kappa shape index (κ2) is 7.57. The van der Waals surface area contributed by atoms with Crippen LogP contribution in [0.5, 0.6) is 0 Å². The lowest BCUT2D eigenvalue weighted by atomic mass is 10.2. The second-order valence-electron chi connectivity index (χ2n) is 4.78. The molecule has 1 amide bonds. The lowest BCUT2D eigenvalue weighted by Gasteiger charge is -1.99. The lowest BCUT2D eigenvalue weighted by Crippen LogP contribution is -2.04. The number of thiophene rings is 1. The second-order valence-corrected chi connectivity index (χ2v) is 7.16. The number of benzene rings is 1. The summed E-state index contributed by atoms with van der Waals surface area (Å²) < 4.78 is 0. The molecule has 0 aliphatic heterocycles. The van der Waals surface area contributed by atoms with Crippen molar-refractivity contribution in [3.63, 3.8) is 0 Å². The molecule has 0 bridgehead atoms. The van der Waals surface area contributed by atoms with Crippen LogP contribution < -0.4 is 10.7 Å². The van der Waals surface area contributed by atoms with Gasteiger partial charge in [0.1, 0.15) is 10.7 Å². The summed E-state index contributed by atoms with van der Waals surface area (Å²) in [6.07, 6.45) is 1.66. The van der Waals surface area contributed by atoms with Crippen molar-refractivity contribution in [3.05, 3.63) is 52.4 Å². The number of aromatic nitrogens is 1. The van der Waals surface area contributed by atoms with E-state index in [1.807, 2.05) is 35.7 Å². The van der Waals surface area contributed by atoms with Gasteiger partial charge in [0, 0.05) is 11.9 Å². The Balaban J connectivity index is 1.80. The van der Waals surface area contributed by atoms with E-state index < -0.39 is 0 Å². The lowest BCUT2D eigenvalue weighted by molar-refractivity contribution is -0.114. The predicted octanol–water partition coefficient (Wildman–Crippen LogP) is 4.93. The van der Waals surface area contributed by atoms with E-state index in [1.165, 1.54) is 18.3 Å². The number of carbonyl (C=O) groups is 1. The number of hydrazone groups is 1. The van der Waals surface area contributed by atoms with Gasteiger partial charge < -0.3 is 5.32 Å². The highest BCUT2D eigenvalue weighted by molar-refractivity contribution is 7.21. The molecular formula is C16H13ClN4OS2. The first-order valence-corrected chi connectivity index (χ1v) is 9.06. The number of thiazole rings is 1. The fourth-order valence-electron chi connectivity index (χ4n) is 1.94. The minimum Gasteiger partial charge on any atom is -0.316 e. The van der Waals surface area contributed by atoms with Gasteiger partial charge in [0.15, 0.2) is 0 Å². The van der Waals surface area contributed by atoms with Crippen molar-refractivity contribution in [2.45, 2.75) is 6.92 Å². The highest BCUT2D eigenvalue weighted by Crippen LogP contribution is 2.37. The molecule has 0 spiro atoms. The molecule has 3 rings (SSSR count). The van der Waals surface area contributed by atoms with E-state index in [0.29, 0.717) is 15.2 Å². The van der Waals surface area contributed by atoms with Crippen LogP contribution in [0.4, 0.5) is 10.1 Å². The summed E-state index contributed by atoms with van der Waals surface area (Å²) >= 11 is 8.84. The first-order valence-electron chi connectivity index (χ1n) is 6.99. The Hall–Kier alpha value is -2.22. The fourth-order valence-corrected chi connectivity index (χ4v) is 3.80. The van der Waals surface area contributed by atoms with Crippen LogP contribution >= 0.6 is 34.3 Å². The van der Waals surface area contributed by atoms with Crippen molar-refractivity contribution in [1.82, 2.24) is 4.98 Å². The monoisotopic (exact) mass is 376 g/mol. The molecule has 24 heavy (non-hydrogen) atoms. The van der Waals surface area contributed by atoms with E-state index in [0.717, 1.165) is 16.1 Å². The number of carbonyl (C=O) groups excluding carboxylic acids is 1. The first-order chi connectivity index (χ1) is 11.6. The molecule has 3 aromatic rings. The van der Waals surface area contributed by atoms with Gasteiger partial charge in [-0.1, -0.05) is 41.1 Å². The average molecular weight is 377 g/mol. The van der Waals surface area contributed by atoms with E-state index in [-0.39, 0.29) is 5.91 Å². The van der Waals surface area contributed by atoms with Crippen LogP contribution in [-0.4, -0.2) is 17.1 Å². The summed E-state index contributed by atoms with van der Waals surface area (Å²) in [4.78, 5) is 16.9. The van der Waals surface area contributed by atoms with Crippen molar-refractivity contribution in [3.8, 4) is 10.6 Å². The van der Waals surface area contributed by atoms with Crippen molar-refractivity contribution in [2.24, 2.45) is 5.10 Å². The Bertz CT molecular complexity index is 874. The van der Waals surface area contributed by atoms with Crippen molar-refractivity contribution in [2.75, 3.05) is 10.7 Å². The minimum absolute atomic E-state index is 0.134. The molecule has 1 aromatic carbocycles. The maximum absolute atomic E-state index is 11.4. The van der Waals surface area contributed by atoms with Crippen LogP contribution in [0.15, 0.2) is 46.9 Å². The Kier molecular flexibility index (Phi) is 5.24. The summed E-state index contributed by atoms with van der Waals surface area (Å²) in [6.45, 7) is 1.47. The summed E-state index contributed by atoms with van der Waals surface area (Å²) in [7, 11) is 0. The van der Waals surface area contributed by atoms with E-state index in [9.17, 15) is 4.79 Å². The zero-order chi connectivity index (χ0) is 16.9. The highest BCUT2D eigenvalue weighted by atomic mass is 35.5. The van der Waals surface area contributed by atoms with E-state index in [4.69, 9.17) is 11.6 Å². The zero-order valence-electron chi connectivity index (χ0n) is 12.6. The maximum Gasteiger partial charge on any atom is 0.221 e. The smallest absolute Gasteiger partial charge is 0.221 e. The third kappa shape index (κ3) is 4.19. The number of amides is 1. The molecule has 0 atom stereocenters. The number of rotatable bonds is 5. The molecule has 2 aromatic heterocycles. The minimum atomic E-state index is -0.134. The number of hydrogen-bond acceptors (Lipinski definition) is 6. The van der Waals surface area contributed by atoms with Gasteiger partial charge in [0.05, 0.1) is 11.1 Å². The molecule has 2 N–H and O–H groups in total. The quantitative estimate of drug-likeness (QED) is 0.490. The van der Waals surface area contributed by atoms with E-state index >= 15 is 0 Å². The van der Waals surface area contributed by atoms with Gasteiger partial charge in [0.2, 0.25) is 11.0 Å². The Morgan fingerprint density at radius 3 is 2.92 bits per heavy atom. The summed E-state index contributed by atoms with van der Waals surface area (Å²) in [5.74, 6) is -0.134. The average Bonchev–Trinajstić information content (AvgIpc) is 3.16. The SMILES string of the molecule is CC(=O)Nc1sc(N/N=C/c2cccc(Cl)c2)nc1-c1cccs1. The predicted molar refractivity (Wildman–Crippen MR) is 102 cm³/mol. The van der Waals surface area contributed by atoms with Crippen molar-refractivity contribution < 1.29 is 4.79 Å². The van der Waals surface area contributed by atoms with Gasteiger partial charge in [0.25, 0.3) is 0 Å². The van der Waals surface area contributed by atoms with E-state index in [2.05, 4.69) is 20.8 Å². The summed E-state index contributed by atoms with van der Waals surface area (Å²) in [6, 6.07) is 11.3. The van der Waals surface area contributed by atoms with Gasteiger partial charge in [-0.25, -0.2) is 4.98 Å². The Labute approximate surface area is 152 Å². The molecule has 0 radical (unpaired) electrons. The molecule has 0 aliphatic rings. The number of hydrogen-bond donors (Lipinski definition) is 2. The Morgan fingerprint density at radius 2 is 2.21 bits per heavy atom. The van der Waals surface area contributed by atoms with Crippen molar-refractivity contribution in [1.29, 1.82) is 0 Å². The topological polar surface area (TPSA) is 66.4 Å². The van der Waals surface area contributed by atoms with Crippen molar-refractivity contribution >= 4 is 56.5 Å². The van der Waals surface area contributed by atoms with Crippen LogP contribution in [0.1, 0.15) is 12.5 Å². The van der Waals surface area contributed by atoms with Crippen LogP contribution in [-0.2, 0) is 4.79 Å². The Morgan fingerprint density at radius 1 is 1.33 bits per heavy atom. The standard InChI is InChI=1S/C16H13ClN4OS2/c1-10(22)19-15-14(13-6-3-7-23-13)20-16(24-15)21-18-9-11-4-2-5-12(17)8-11/h2-9H,1H3,(H,19,22)(H,20,21)/b18-9+. The third-order valence-corrected chi connectivity index (χ3v) is 4.88. The molecule has 0 fully saturated rings. The molecule has 0 saturated heterocycles. The fraction of sp³-hybridized carbons (Fsp3) is 0.0625. The van der Waals surface area contributed by atoms with Gasteiger partial charge in [-0.15, -0.1) is 11.3 Å². The van der Waals surface area contributed by atoms with E-state index in [1.54, 1.807) is 23.6 Å². The van der Waals surface area contributed by atoms with Crippen LogP contribution in [0, 0.1) is 0 Å². The molecule has 0 aliphatic carbocycles. The maximum atomic E-state index is 11.4. The largest absolute Gasteiger partial charge is 0.316 e. The molecule has 122 valence electrons. The van der Waals surface area contributed by atoms with Gasteiger partial charge in [-0.2, -0.15) is 5.10 Å². The van der Waals surface area contributed by atoms with Gasteiger partial charge >= 0.3 is 0 Å². The molecule has 0 saturated carbocycles. The van der Waals surface area contributed by atoms with Crippen LogP contribution in [0.2, 0.25) is 5.02 Å². The third-order valence-electron chi connectivity index (χ3n) is 2.89. The summed E-state index contributed by atoms with van der Waals surface area (Å²) in [5.41, 5.74) is 4.52. The number of nitrogens with zero attached hydrogens (tertiary/aromatic N) is 2. The first kappa shape index (κ1) is 16.6. The highest BCUT2D eigenvalue weighted by Gasteiger charge is 2.14. The number of halogens is 1. The summed E-state index contributed by atoms with van der Waals surface area (Å²) in [5, 5.41) is 10.9. The molecule has 5 nitrogen and oxygen atoms in total. The zero-order valence-corrected chi connectivity index (χ0v) is 15.0. The normalized spacial score (nSPS) is 10.9. The van der Waals surface area contributed by atoms with Crippen LogP contribution in [0.3, 0.4) is 0 Å². The van der Waals surface area contributed by atoms with Gasteiger partial charge in [-0.3, -0.25) is 10.2 Å². The van der Waals surface area contributed by atoms with Crippen LogP contribution in [0.25, 0.3) is 10.6 Å².